The van der Waals surface area contributed by atoms with E-state index in [0.717, 1.165) is 12.0 Å². The van der Waals surface area contributed by atoms with Crippen LogP contribution in [0.2, 0.25) is 0 Å². The van der Waals surface area contributed by atoms with Crippen LogP contribution < -0.4 is 0 Å². The maximum absolute atomic E-state index is 12.7. The van der Waals surface area contributed by atoms with Gasteiger partial charge in [-0.25, -0.2) is 4.79 Å². The van der Waals surface area contributed by atoms with Crippen molar-refractivity contribution in [3.63, 3.8) is 0 Å². The van der Waals surface area contributed by atoms with Gasteiger partial charge in [0.2, 0.25) is 0 Å². The number of halogens is 1. The molecule has 1 saturated heterocycles. The number of amides is 1. The fourth-order valence-corrected chi connectivity index (χ4v) is 4.25. The third kappa shape index (κ3) is 3.13. The molecule has 0 unspecified atom stereocenters. The van der Waals surface area contributed by atoms with Gasteiger partial charge in [-0.15, -0.1) is 11.6 Å². The summed E-state index contributed by atoms with van der Waals surface area (Å²) in [6.07, 6.45) is 4.66. The minimum absolute atomic E-state index is 0.180. The van der Waals surface area contributed by atoms with Crippen LogP contribution in [0, 0.1) is 5.41 Å². The summed E-state index contributed by atoms with van der Waals surface area (Å²) in [4.78, 5) is 25.3. The molecule has 5 nitrogen and oxygen atoms in total. The second kappa shape index (κ2) is 6.71. The number of fused-ring (bicyclic) bond motifs is 2. The average Bonchev–Trinajstić information content (AvgIpc) is 2.66. The zero-order chi connectivity index (χ0) is 18.1. The van der Waals surface area contributed by atoms with E-state index in [1.165, 1.54) is 7.11 Å². The number of rotatable bonds is 4. The summed E-state index contributed by atoms with van der Waals surface area (Å²) in [6.45, 7) is 2.70. The molecule has 0 radical (unpaired) electrons. The molecule has 25 heavy (non-hydrogen) atoms. The van der Waals surface area contributed by atoms with Gasteiger partial charge in [-0.1, -0.05) is 49.4 Å². The zero-order valence-electron chi connectivity index (χ0n) is 14.4. The monoisotopic (exact) mass is 363 g/mol. The van der Waals surface area contributed by atoms with Crippen LogP contribution in [-0.4, -0.2) is 41.5 Å². The van der Waals surface area contributed by atoms with E-state index < -0.39 is 23.0 Å². The second-order valence-electron chi connectivity index (χ2n) is 6.72. The number of esters is 1. The molecule has 3 atom stereocenters. The van der Waals surface area contributed by atoms with Crippen molar-refractivity contribution in [3.8, 4) is 0 Å². The Hall–Kier alpha value is -2.01. The lowest BCUT2D eigenvalue weighted by Crippen LogP contribution is -2.66. The van der Waals surface area contributed by atoms with Gasteiger partial charge in [0.05, 0.1) is 13.2 Å². The minimum atomic E-state index is -1.27. The van der Waals surface area contributed by atoms with E-state index in [1.54, 1.807) is 4.90 Å². The molecule has 6 heteroatoms. The molecular formula is C19H22ClNO4. The molecule has 1 aliphatic carbocycles. The van der Waals surface area contributed by atoms with Crippen LogP contribution in [0.4, 0.5) is 4.79 Å². The molecule has 1 aromatic rings. The molecule has 0 saturated carbocycles. The number of carbonyl (C=O) groups excluding carboxylic acids is 2. The summed E-state index contributed by atoms with van der Waals surface area (Å²) in [5, 5.41) is 0. The van der Waals surface area contributed by atoms with Crippen molar-refractivity contribution >= 4 is 23.7 Å². The molecule has 1 fully saturated rings. The van der Waals surface area contributed by atoms with Crippen molar-refractivity contribution in [2.45, 2.75) is 37.3 Å². The van der Waals surface area contributed by atoms with Crippen molar-refractivity contribution in [2.75, 3.05) is 13.7 Å². The first-order valence-electron chi connectivity index (χ1n) is 8.38. The molecule has 1 aromatic carbocycles. The third-order valence-electron chi connectivity index (χ3n) is 5.20. The molecule has 3 aliphatic rings. The third-order valence-corrected chi connectivity index (χ3v) is 5.71. The zero-order valence-corrected chi connectivity index (χ0v) is 15.2. The summed E-state index contributed by atoms with van der Waals surface area (Å²) in [7, 11) is 1.31. The molecule has 1 amide bonds. The lowest BCUT2D eigenvalue weighted by Gasteiger charge is -2.54. The fourth-order valence-electron chi connectivity index (χ4n) is 3.72. The maximum atomic E-state index is 12.7. The van der Waals surface area contributed by atoms with Crippen LogP contribution in [0.1, 0.15) is 25.3 Å². The number of alkyl halides is 1. The van der Waals surface area contributed by atoms with Gasteiger partial charge in [-0.3, -0.25) is 9.69 Å². The van der Waals surface area contributed by atoms with Crippen LogP contribution in [0.5, 0.6) is 0 Å². The van der Waals surface area contributed by atoms with Gasteiger partial charge in [-0.2, -0.15) is 0 Å². The number of ether oxygens (including phenoxy) is 2. The van der Waals surface area contributed by atoms with Crippen molar-refractivity contribution < 1.29 is 19.1 Å². The highest BCUT2D eigenvalue weighted by molar-refractivity contribution is 6.35. The molecule has 0 N–H and O–H groups in total. The predicted molar refractivity (Wildman–Crippen MR) is 94.2 cm³/mol. The van der Waals surface area contributed by atoms with Gasteiger partial charge >= 0.3 is 12.1 Å². The van der Waals surface area contributed by atoms with Crippen LogP contribution in [0.25, 0.3) is 0 Å². The molecule has 0 aromatic heterocycles. The van der Waals surface area contributed by atoms with Crippen LogP contribution in [0.15, 0.2) is 42.5 Å². The van der Waals surface area contributed by atoms with Crippen molar-refractivity contribution in [1.82, 2.24) is 4.90 Å². The Kier molecular flexibility index (Phi) is 4.78. The lowest BCUT2D eigenvalue weighted by atomic mass is 9.65. The Morgan fingerprint density at radius 1 is 1.32 bits per heavy atom. The summed E-state index contributed by atoms with van der Waals surface area (Å²) in [5.74, 6) is -0.512. The van der Waals surface area contributed by atoms with Gasteiger partial charge < -0.3 is 9.47 Å². The number of piperidine rings is 1. The van der Waals surface area contributed by atoms with Gasteiger partial charge in [0.15, 0.2) is 4.87 Å². The van der Waals surface area contributed by atoms with Crippen molar-refractivity contribution in [3.05, 3.63) is 48.0 Å². The summed E-state index contributed by atoms with van der Waals surface area (Å²) >= 11 is 6.67. The van der Waals surface area contributed by atoms with Gasteiger partial charge in [-0.05, 0) is 18.4 Å². The van der Waals surface area contributed by atoms with Crippen LogP contribution in [0.3, 0.4) is 0 Å². The van der Waals surface area contributed by atoms with E-state index >= 15 is 0 Å². The van der Waals surface area contributed by atoms with Gasteiger partial charge in [0.1, 0.15) is 6.61 Å². The van der Waals surface area contributed by atoms with Crippen molar-refractivity contribution in [1.29, 1.82) is 0 Å². The first kappa shape index (κ1) is 17.8. The minimum Gasteiger partial charge on any atom is -0.468 e. The van der Waals surface area contributed by atoms with E-state index in [4.69, 9.17) is 21.1 Å². The lowest BCUT2D eigenvalue weighted by molar-refractivity contribution is -0.148. The number of hydrogen-bond acceptors (Lipinski definition) is 4. The number of benzene rings is 1. The number of hydrogen-bond donors (Lipinski definition) is 0. The molecule has 134 valence electrons. The molecule has 2 bridgehead atoms. The fraction of sp³-hybridized carbons (Fsp3) is 0.474. The normalized spacial score (nSPS) is 30.2. The van der Waals surface area contributed by atoms with Gasteiger partial charge in [0.25, 0.3) is 0 Å². The van der Waals surface area contributed by atoms with Crippen LogP contribution >= 0.6 is 11.6 Å². The molecule has 2 heterocycles. The van der Waals surface area contributed by atoms with E-state index in [2.05, 4.69) is 6.08 Å². The largest absolute Gasteiger partial charge is 0.468 e. The Bertz CT molecular complexity index is 692. The standard InChI is InChI=1S/C19H22ClNO4/c1-3-18-10-9-15(19(20,12-18)16(22)24-2)21(13-18)17(23)25-11-14-7-5-4-6-8-14/h4-10,15H,3,11-13H2,1-2H3/t15-,18+,19-/m1/s1. The van der Waals surface area contributed by atoms with E-state index in [-0.39, 0.29) is 12.0 Å². The SMILES string of the molecule is CC[C@@]12C=C[C@@H](N(C(=O)OCc3ccccc3)C1)[C@@](Cl)(C(=O)OC)C2. The molecular weight excluding hydrogens is 342 g/mol. The average molecular weight is 364 g/mol. The summed E-state index contributed by atoms with van der Waals surface area (Å²) in [5.41, 5.74) is 0.570. The van der Waals surface area contributed by atoms with E-state index in [1.807, 2.05) is 43.3 Å². The first-order chi connectivity index (χ1) is 11.9. The highest BCUT2D eigenvalue weighted by atomic mass is 35.5. The Balaban J connectivity index is 1.80. The van der Waals surface area contributed by atoms with Gasteiger partial charge in [0, 0.05) is 12.0 Å². The Morgan fingerprint density at radius 3 is 2.68 bits per heavy atom. The van der Waals surface area contributed by atoms with E-state index in [9.17, 15) is 9.59 Å². The summed E-state index contributed by atoms with van der Waals surface area (Å²) < 4.78 is 10.4. The molecule has 0 spiro atoms. The van der Waals surface area contributed by atoms with Crippen molar-refractivity contribution in [2.24, 2.45) is 5.41 Å². The molecule has 4 rings (SSSR count). The number of carbonyl (C=O) groups is 2. The number of methoxy groups -OCH3 is 1. The maximum Gasteiger partial charge on any atom is 0.410 e. The Labute approximate surface area is 152 Å². The van der Waals surface area contributed by atoms with E-state index in [0.29, 0.717) is 13.0 Å². The highest BCUT2D eigenvalue weighted by Gasteiger charge is 2.59. The topological polar surface area (TPSA) is 55.8 Å². The second-order valence-corrected chi connectivity index (χ2v) is 7.39. The first-order valence-corrected chi connectivity index (χ1v) is 8.76. The highest BCUT2D eigenvalue weighted by Crippen LogP contribution is 2.50. The molecule has 2 aliphatic heterocycles. The number of nitrogens with zero attached hydrogens (tertiary/aromatic N) is 1. The Morgan fingerprint density at radius 2 is 2.04 bits per heavy atom. The smallest absolute Gasteiger partial charge is 0.410 e. The van der Waals surface area contributed by atoms with Crippen LogP contribution in [-0.2, 0) is 20.9 Å². The predicted octanol–water partition coefficient (Wildman–Crippen LogP) is 3.51. The summed E-state index contributed by atoms with van der Waals surface area (Å²) in [6, 6.07) is 8.90. The quantitative estimate of drug-likeness (QED) is 0.466.